The molecule has 0 saturated carbocycles. The molecule has 3 rings (SSSR count). The number of amides is 4. The van der Waals surface area contributed by atoms with E-state index in [0.29, 0.717) is 36.8 Å². The topological polar surface area (TPSA) is 164 Å². The van der Waals surface area contributed by atoms with Gasteiger partial charge in [-0.1, -0.05) is 85.2 Å². The SMILES string of the molecule is CCC(C)[C@@H]([C@@H](CC(=O)N1CCC[C@H]1[C@H](OC)[C@@H](C)C(=O)NC(Cc1ccccc1)C(=O)O)OC)N(C)C(=O)[C@@H](NC(=O)[C@H](C(C)C)[N+](C)(C)Cc1ccc(OC)cc1)C(C)C. The molecule has 4 amide bonds. The smallest absolute Gasteiger partial charge is 0.326 e. The maximum absolute atomic E-state index is 14.6. The lowest BCUT2D eigenvalue weighted by Gasteiger charge is -2.42. The largest absolute Gasteiger partial charge is 0.497 e. The normalized spacial score (nSPS) is 18.2. The molecule has 0 aromatic heterocycles. The van der Waals surface area contributed by atoms with Gasteiger partial charge in [0.2, 0.25) is 17.7 Å². The highest BCUT2D eigenvalue weighted by Gasteiger charge is 2.45. The van der Waals surface area contributed by atoms with Crippen LogP contribution in [0.25, 0.3) is 0 Å². The Bertz CT molecular complexity index is 1750. The minimum Gasteiger partial charge on any atom is -0.497 e. The zero-order valence-corrected chi connectivity index (χ0v) is 39.6. The molecular weight excluding hydrogens is 791 g/mol. The highest BCUT2D eigenvalue weighted by atomic mass is 16.5. The van der Waals surface area contributed by atoms with E-state index >= 15 is 0 Å². The molecule has 346 valence electrons. The molecule has 1 saturated heterocycles. The first-order chi connectivity index (χ1) is 29.2. The first-order valence-electron chi connectivity index (χ1n) is 22.2. The maximum Gasteiger partial charge on any atom is 0.326 e. The summed E-state index contributed by atoms with van der Waals surface area (Å²) in [6.07, 6.45) is 0.710. The minimum absolute atomic E-state index is 0.0278. The van der Waals surface area contributed by atoms with Gasteiger partial charge < -0.3 is 44.2 Å². The standard InChI is InChI=1S/C48H75N5O9/c1-14-32(6)42(51(8)47(57)41(30(2)3)50-46(56)43(31(4)5)53(9,10)29-35-22-24-36(60-11)25-23-35)39(61-12)28-40(54)52-26-18-21-38(52)44(62-13)33(7)45(55)49-37(48(58)59)27-34-19-16-15-17-20-34/h15-17,19-20,22-25,30-33,37-39,41-44H,14,18,21,26-29H2,1-13H3,(H2-,49,50,55,56,58,59)/p+1/t32?,33-,37?,38+,39-,41+,42+,43+,44-/m1/s1. The highest BCUT2D eigenvalue weighted by Crippen LogP contribution is 2.30. The summed E-state index contributed by atoms with van der Waals surface area (Å²) in [5, 5.41) is 15.8. The lowest BCUT2D eigenvalue weighted by atomic mass is 9.89. The van der Waals surface area contributed by atoms with E-state index in [4.69, 9.17) is 14.2 Å². The quantitative estimate of drug-likeness (QED) is 0.121. The summed E-state index contributed by atoms with van der Waals surface area (Å²) in [6, 6.07) is 13.6. The zero-order chi connectivity index (χ0) is 46.5. The Kier molecular flexibility index (Phi) is 19.9. The van der Waals surface area contributed by atoms with Gasteiger partial charge in [-0.3, -0.25) is 19.2 Å². The lowest BCUT2D eigenvalue weighted by Crippen LogP contribution is -2.63. The van der Waals surface area contributed by atoms with E-state index in [0.717, 1.165) is 16.9 Å². The Morgan fingerprint density at radius 3 is 2.00 bits per heavy atom. The van der Waals surface area contributed by atoms with Crippen LogP contribution in [0.2, 0.25) is 0 Å². The van der Waals surface area contributed by atoms with Gasteiger partial charge in [-0.05, 0) is 54.5 Å². The first-order valence-corrected chi connectivity index (χ1v) is 22.2. The van der Waals surface area contributed by atoms with Crippen LogP contribution >= 0.6 is 0 Å². The summed E-state index contributed by atoms with van der Waals surface area (Å²) in [5.41, 5.74) is 1.84. The first kappa shape index (κ1) is 51.8. The summed E-state index contributed by atoms with van der Waals surface area (Å²) in [7, 11) is 10.5. The number of likely N-dealkylation sites (N-methyl/N-ethyl adjacent to an activating group) is 2. The number of hydrogen-bond donors (Lipinski definition) is 3. The van der Waals surface area contributed by atoms with Gasteiger partial charge in [0.25, 0.3) is 5.91 Å². The Morgan fingerprint density at radius 1 is 0.855 bits per heavy atom. The van der Waals surface area contributed by atoms with Crippen LogP contribution in [0, 0.1) is 23.7 Å². The number of carbonyl (C=O) groups is 5. The third kappa shape index (κ3) is 13.5. The fourth-order valence-electron chi connectivity index (χ4n) is 9.36. The number of carboxylic acid groups (broad SMARTS) is 1. The number of aliphatic carboxylic acids is 1. The average Bonchev–Trinajstić information content (AvgIpc) is 3.71. The molecule has 14 heteroatoms. The molecule has 0 spiro atoms. The lowest BCUT2D eigenvalue weighted by molar-refractivity contribution is -0.922. The molecule has 2 unspecified atom stereocenters. The van der Waals surface area contributed by atoms with Gasteiger partial charge in [-0.2, -0.15) is 0 Å². The molecular formula is C48H76N5O9+. The number of ether oxygens (including phenoxy) is 3. The van der Waals surface area contributed by atoms with Gasteiger partial charge in [-0.25, -0.2) is 4.79 Å². The Labute approximate surface area is 370 Å². The van der Waals surface area contributed by atoms with Gasteiger partial charge >= 0.3 is 5.97 Å². The second kappa shape index (κ2) is 23.8. The number of methoxy groups -OCH3 is 3. The van der Waals surface area contributed by atoms with E-state index < -0.39 is 60.2 Å². The van der Waals surface area contributed by atoms with Crippen molar-refractivity contribution in [3.63, 3.8) is 0 Å². The van der Waals surface area contributed by atoms with Crippen LogP contribution in [-0.2, 0) is 46.4 Å². The fourth-order valence-corrected chi connectivity index (χ4v) is 9.36. The maximum atomic E-state index is 14.6. The predicted molar refractivity (Wildman–Crippen MR) is 240 cm³/mol. The number of quaternary nitrogens is 1. The molecule has 62 heavy (non-hydrogen) atoms. The number of benzene rings is 2. The number of likely N-dealkylation sites (tertiary alicyclic amines) is 1. The molecule has 2 aromatic rings. The van der Waals surface area contributed by atoms with Crippen molar-refractivity contribution in [3.05, 3.63) is 65.7 Å². The van der Waals surface area contributed by atoms with Crippen LogP contribution < -0.4 is 15.4 Å². The van der Waals surface area contributed by atoms with Crippen molar-refractivity contribution in [1.29, 1.82) is 0 Å². The van der Waals surface area contributed by atoms with E-state index in [2.05, 4.69) is 10.6 Å². The van der Waals surface area contributed by atoms with Crippen molar-refractivity contribution in [1.82, 2.24) is 20.4 Å². The zero-order valence-electron chi connectivity index (χ0n) is 39.6. The molecule has 9 atom stereocenters. The van der Waals surface area contributed by atoms with Crippen molar-refractivity contribution < 1.29 is 47.8 Å². The van der Waals surface area contributed by atoms with E-state index in [1.54, 1.807) is 38.0 Å². The Hall–Kier alpha value is -4.53. The van der Waals surface area contributed by atoms with Gasteiger partial charge in [0, 0.05) is 45.7 Å². The van der Waals surface area contributed by atoms with Crippen molar-refractivity contribution in [2.75, 3.05) is 49.0 Å². The summed E-state index contributed by atoms with van der Waals surface area (Å²) in [4.78, 5) is 72.4. The molecule has 0 bridgehead atoms. The van der Waals surface area contributed by atoms with Crippen LogP contribution in [-0.4, -0.2) is 140 Å². The van der Waals surface area contributed by atoms with Gasteiger partial charge in [0.15, 0.2) is 6.04 Å². The predicted octanol–water partition coefficient (Wildman–Crippen LogP) is 5.17. The third-order valence-corrected chi connectivity index (χ3v) is 12.8. The minimum atomic E-state index is -1.14. The molecule has 1 aliphatic heterocycles. The van der Waals surface area contributed by atoms with E-state index in [9.17, 15) is 29.1 Å². The molecule has 14 nitrogen and oxygen atoms in total. The van der Waals surface area contributed by atoms with Gasteiger partial charge in [0.05, 0.1) is 57.8 Å². The van der Waals surface area contributed by atoms with Gasteiger partial charge in [-0.15, -0.1) is 0 Å². The molecule has 3 N–H and O–H groups in total. The second-order valence-corrected chi connectivity index (χ2v) is 18.4. The molecule has 1 fully saturated rings. The molecule has 0 radical (unpaired) electrons. The third-order valence-electron chi connectivity index (χ3n) is 12.8. The van der Waals surface area contributed by atoms with Crippen molar-refractivity contribution in [3.8, 4) is 5.75 Å². The summed E-state index contributed by atoms with van der Waals surface area (Å²) < 4.78 is 17.7. The van der Waals surface area contributed by atoms with Crippen LogP contribution in [0.15, 0.2) is 54.6 Å². The summed E-state index contributed by atoms with van der Waals surface area (Å²) in [5.74, 6) is -2.63. The van der Waals surface area contributed by atoms with Crippen LogP contribution in [0.4, 0.5) is 0 Å². The van der Waals surface area contributed by atoms with E-state index in [1.807, 2.05) is 110 Å². The fraction of sp³-hybridized carbons (Fsp3) is 0.646. The molecule has 0 aliphatic carbocycles. The number of nitrogens with one attached hydrogen (secondary N) is 2. The molecule has 2 aromatic carbocycles. The summed E-state index contributed by atoms with van der Waals surface area (Å²) in [6.45, 7) is 14.7. The number of carboxylic acids is 1. The second-order valence-electron chi connectivity index (χ2n) is 18.4. The van der Waals surface area contributed by atoms with Crippen LogP contribution in [0.1, 0.15) is 85.3 Å². The van der Waals surface area contributed by atoms with Crippen molar-refractivity contribution in [2.24, 2.45) is 23.7 Å². The van der Waals surface area contributed by atoms with Crippen LogP contribution in [0.3, 0.4) is 0 Å². The monoisotopic (exact) mass is 867 g/mol. The highest BCUT2D eigenvalue weighted by molar-refractivity contribution is 5.90. The van der Waals surface area contributed by atoms with Crippen molar-refractivity contribution >= 4 is 29.6 Å². The number of rotatable bonds is 24. The Morgan fingerprint density at radius 2 is 1.48 bits per heavy atom. The van der Waals surface area contributed by atoms with E-state index in [1.165, 1.54) is 7.11 Å². The van der Waals surface area contributed by atoms with E-state index in [-0.39, 0.29) is 48.3 Å². The van der Waals surface area contributed by atoms with Gasteiger partial charge in [0.1, 0.15) is 24.4 Å². The Balaban J connectivity index is 1.80. The number of hydrogen-bond acceptors (Lipinski definition) is 8. The van der Waals surface area contributed by atoms with Crippen LogP contribution in [0.5, 0.6) is 5.75 Å². The molecule has 1 aliphatic rings. The summed E-state index contributed by atoms with van der Waals surface area (Å²) >= 11 is 0. The number of carbonyl (C=O) groups excluding carboxylic acids is 4. The van der Waals surface area contributed by atoms with Crippen molar-refractivity contribution in [2.45, 2.75) is 130 Å². The average molecular weight is 867 g/mol. The molecule has 1 heterocycles. The number of nitrogens with zero attached hydrogens (tertiary/aromatic N) is 3.